The predicted molar refractivity (Wildman–Crippen MR) is 61.2 cm³/mol. The average molecular weight is 227 g/mol. The molecular formula is C11H21N3O2. The normalized spacial score (nSPS) is 35.5. The van der Waals surface area contributed by atoms with Gasteiger partial charge in [0, 0.05) is 26.7 Å². The van der Waals surface area contributed by atoms with Gasteiger partial charge in [-0.3, -0.25) is 4.79 Å². The molecule has 2 aliphatic heterocycles. The second kappa shape index (κ2) is 5.12. The Balaban J connectivity index is 1.82. The first-order chi connectivity index (χ1) is 7.70. The van der Waals surface area contributed by atoms with E-state index < -0.39 is 0 Å². The third kappa shape index (κ3) is 2.53. The van der Waals surface area contributed by atoms with Gasteiger partial charge >= 0.3 is 0 Å². The lowest BCUT2D eigenvalue weighted by Gasteiger charge is -2.20. The van der Waals surface area contributed by atoms with Gasteiger partial charge in [0.05, 0.1) is 18.1 Å². The van der Waals surface area contributed by atoms with Gasteiger partial charge in [0.1, 0.15) is 0 Å². The van der Waals surface area contributed by atoms with E-state index in [1.165, 1.54) is 0 Å². The largest absolute Gasteiger partial charge is 0.378 e. The van der Waals surface area contributed by atoms with Crippen LogP contribution in [0.1, 0.15) is 6.42 Å². The molecule has 0 bridgehead atoms. The highest BCUT2D eigenvalue weighted by Gasteiger charge is 2.32. The van der Waals surface area contributed by atoms with E-state index in [-0.39, 0.29) is 24.0 Å². The molecule has 0 radical (unpaired) electrons. The standard InChI is InChI=1S/C11H21N3O2/c1-14-4-3-8(7-14)11(15)13-9-5-12-6-10(9)16-2/h8-10,12H,3-7H2,1-2H3,(H,13,15)/t8?,9?,10-/m0/s1. The first-order valence-electron chi connectivity index (χ1n) is 5.93. The van der Waals surface area contributed by atoms with Crippen molar-refractivity contribution in [1.29, 1.82) is 0 Å². The fourth-order valence-electron chi connectivity index (χ4n) is 2.50. The van der Waals surface area contributed by atoms with Gasteiger partial charge in [-0.25, -0.2) is 0 Å². The molecule has 2 fully saturated rings. The third-order valence-electron chi connectivity index (χ3n) is 3.55. The van der Waals surface area contributed by atoms with Gasteiger partial charge in [-0.1, -0.05) is 0 Å². The number of nitrogens with one attached hydrogen (secondary N) is 2. The Morgan fingerprint density at radius 3 is 2.94 bits per heavy atom. The molecule has 5 nitrogen and oxygen atoms in total. The van der Waals surface area contributed by atoms with Crippen molar-refractivity contribution in [1.82, 2.24) is 15.5 Å². The number of carbonyl (C=O) groups excluding carboxylic acids is 1. The van der Waals surface area contributed by atoms with Crippen LogP contribution >= 0.6 is 0 Å². The number of nitrogens with zero attached hydrogens (tertiary/aromatic N) is 1. The maximum Gasteiger partial charge on any atom is 0.224 e. The second-order valence-corrected chi connectivity index (χ2v) is 4.80. The Hall–Kier alpha value is -0.650. The maximum absolute atomic E-state index is 12.0. The summed E-state index contributed by atoms with van der Waals surface area (Å²) in [6.45, 7) is 3.54. The van der Waals surface area contributed by atoms with Gasteiger partial charge in [-0.05, 0) is 20.0 Å². The van der Waals surface area contributed by atoms with Crippen molar-refractivity contribution in [2.24, 2.45) is 5.92 Å². The van der Waals surface area contributed by atoms with Crippen LogP contribution in [0.2, 0.25) is 0 Å². The molecule has 0 aromatic carbocycles. The molecule has 92 valence electrons. The van der Waals surface area contributed by atoms with Crippen LogP contribution in [0.15, 0.2) is 0 Å². The molecular weight excluding hydrogens is 206 g/mol. The van der Waals surface area contributed by atoms with Gasteiger partial charge < -0.3 is 20.3 Å². The highest BCUT2D eigenvalue weighted by molar-refractivity contribution is 5.79. The first kappa shape index (κ1) is 11.8. The van der Waals surface area contributed by atoms with Gasteiger partial charge in [0.2, 0.25) is 5.91 Å². The van der Waals surface area contributed by atoms with Crippen LogP contribution < -0.4 is 10.6 Å². The van der Waals surface area contributed by atoms with Crippen molar-refractivity contribution in [3.8, 4) is 0 Å². The van der Waals surface area contributed by atoms with Gasteiger partial charge in [-0.2, -0.15) is 0 Å². The van der Waals surface area contributed by atoms with Gasteiger partial charge in [0.15, 0.2) is 0 Å². The molecule has 2 rings (SSSR count). The smallest absolute Gasteiger partial charge is 0.224 e. The Labute approximate surface area is 96.5 Å². The molecule has 0 aromatic heterocycles. The van der Waals surface area contributed by atoms with Gasteiger partial charge in [-0.15, -0.1) is 0 Å². The van der Waals surface area contributed by atoms with Crippen LogP contribution in [0.25, 0.3) is 0 Å². The van der Waals surface area contributed by atoms with Crippen molar-refractivity contribution in [2.45, 2.75) is 18.6 Å². The number of rotatable bonds is 3. The summed E-state index contributed by atoms with van der Waals surface area (Å²) < 4.78 is 5.32. The monoisotopic (exact) mass is 227 g/mol. The zero-order valence-electron chi connectivity index (χ0n) is 10.0. The highest BCUT2D eigenvalue weighted by atomic mass is 16.5. The van der Waals surface area contributed by atoms with Crippen molar-refractivity contribution in [3.05, 3.63) is 0 Å². The van der Waals surface area contributed by atoms with Crippen LogP contribution in [0.5, 0.6) is 0 Å². The van der Waals surface area contributed by atoms with E-state index in [1.54, 1.807) is 7.11 Å². The summed E-state index contributed by atoms with van der Waals surface area (Å²) in [6, 6.07) is 0.128. The summed E-state index contributed by atoms with van der Waals surface area (Å²) in [6.07, 6.45) is 1.09. The summed E-state index contributed by atoms with van der Waals surface area (Å²) in [5.41, 5.74) is 0. The quantitative estimate of drug-likeness (QED) is 0.652. The molecule has 2 aliphatic rings. The van der Waals surface area contributed by atoms with E-state index in [4.69, 9.17) is 4.74 Å². The molecule has 0 spiro atoms. The molecule has 2 saturated heterocycles. The van der Waals surface area contributed by atoms with E-state index >= 15 is 0 Å². The number of likely N-dealkylation sites (tertiary alicyclic amines) is 1. The van der Waals surface area contributed by atoms with Crippen LogP contribution in [-0.4, -0.2) is 63.3 Å². The molecule has 2 heterocycles. The maximum atomic E-state index is 12.0. The van der Waals surface area contributed by atoms with Crippen LogP contribution in [0.4, 0.5) is 0 Å². The molecule has 0 aromatic rings. The first-order valence-corrected chi connectivity index (χ1v) is 5.93. The van der Waals surface area contributed by atoms with Crippen LogP contribution in [0, 0.1) is 5.92 Å². The fraction of sp³-hybridized carbons (Fsp3) is 0.909. The van der Waals surface area contributed by atoms with Gasteiger partial charge in [0.25, 0.3) is 0 Å². The third-order valence-corrected chi connectivity index (χ3v) is 3.55. The average Bonchev–Trinajstić information content (AvgIpc) is 2.86. The highest BCUT2D eigenvalue weighted by Crippen LogP contribution is 2.15. The Bertz CT molecular complexity index is 260. The molecule has 16 heavy (non-hydrogen) atoms. The van der Waals surface area contributed by atoms with Crippen molar-refractivity contribution in [3.63, 3.8) is 0 Å². The number of methoxy groups -OCH3 is 1. The molecule has 0 aliphatic carbocycles. The molecule has 5 heteroatoms. The Kier molecular flexibility index (Phi) is 3.78. The Morgan fingerprint density at radius 1 is 1.50 bits per heavy atom. The minimum absolute atomic E-state index is 0.114. The SMILES string of the molecule is CO[C@H]1CNCC1NC(=O)C1CCN(C)C1. The van der Waals surface area contributed by atoms with E-state index in [0.717, 1.165) is 32.6 Å². The number of carbonyl (C=O) groups is 1. The molecule has 3 atom stereocenters. The minimum Gasteiger partial charge on any atom is -0.378 e. The predicted octanol–water partition coefficient (Wildman–Crippen LogP) is -0.959. The number of hydrogen-bond acceptors (Lipinski definition) is 4. The second-order valence-electron chi connectivity index (χ2n) is 4.80. The number of hydrogen-bond donors (Lipinski definition) is 2. The summed E-state index contributed by atoms with van der Waals surface area (Å²) in [5.74, 6) is 0.336. The number of amides is 1. The van der Waals surface area contributed by atoms with E-state index in [2.05, 4.69) is 22.6 Å². The number of ether oxygens (including phenoxy) is 1. The lowest BCUT2D eigenvalue weighted by atomic mass is 10.1. The zero-order chi connectivity index (χ0) is 11.5. The fourth-order valence-corrected chi connectivity index (χ4v) is 2.50. The summed E-state index contributed by atoms with van der Waals surface area (Å²) in [5, 5.41) is 6.32. The van der Waals surface area contributed by atoms with E-state index in [1.807, 2.05) is 0 Å². The van der Waals surface area contributed by atoms with Crippen LogP contribution in [0.3, 0.4) is 0 Å². The lowest BCUT2D eigenvalue weighted by Crippen LogP contribution is -2.46. The van der Waals surface area contributed by atoms with E-state index in [9.17, 15) is 4.79 Å². The minimum atomic E-state index is 0.114. The van der Waals surface area contributed by atoms with Crippen molar-refractivity contribution < 1.29 is 9.53 Å². The Morgan fingerprint density at radius 2 is 2.31 bits per heavy atom. The molecule has 2 N–H and O–H groups in total. The summed E-state index contributed by atoms with van der Waals surface area (Å²) in [4.78, 5) is 14.2. The topological polar surface area (TPSA) is 53.6 Å². The molecule has 2 unspecified atom stereocenters. The lowest BCUT2D eigenvalue weighted by molar-refractivity contribution is -0.125. The van der Waals surface area contributed by atoms with Crippen LogP contribution in [-0.2, 0) is 9.53 Å². The van der Waals surface area contributed by atoms with E-state index in [0.29, 0.717) is 0 Å². The van der Waals surface area contributed by atoms with Crippen molar-refractivity contribution >= 4 is 5.91 Å². The zero-order valence-corrected chi connectivity index (χ0v) is 10.0. The van der Waals surface area contributed by atoms with Crippen molar-refractivity contribution in [2.75, 3.05) is 40.3 Å². The summed E-state index contributed by atoms with van der Waals surface area (Å²) in [7, 11) is 3.75. The molecule has 0 saturated carbocycles. The summed E-state index contributed by atoms with van der Waals surface area (Å²) >= 11 is 0. The molecule has 1 amide bonds.